The lowest BCUT2D eigenvalue weighted by molar-refractivity contribution is 0.196. The van der Waals surface area contributed by atoms with Crippen molar-refractivity contribution in [3.8, 4) is 0 Å². The Morgan fingerprint density at radius 2 is 2.36 bits per heavy atom. The standard InChI is InChI=1S/C7H11NOS2/c1-5(9)6(2)11-7-8-3-4-10-7/h3-6,9H,1-2H3. The number of hydrogen-bond donors (Lipinski definition) is 1. The van der Waals surface area contributed by atoms with E-state index < -0.39 is 0 Å². The molecule has 0 bridgehead atoms. The predicted molar refractivity (Wildman–Crippen MR) is 49.1 cm³/mol. The van der Waals surface area contributed by atoms with Crippen LogP contribution in [0.3, 0.4) is 0 Å². The van der Waals surface area contributed by atoms with Crippen LogP contribution in [0.25, 0.3) is 0 Å². The molecule has 0 spiro atoms. The molecule has 1 aromatic rings. The van der Waals surface area contributed by atoms with Gasteiger partial charge in [-0.1, -0.05) is 18.7 Å². The van der Waals surface area contributed by atoms with Crippen molar-refractivity contribution in [2.24, 2.45) is 0 Å². The molecule has 0 saturated heterocycles. The minimum absolute atomic E-state index is 0.223. The van der Waals surface area contributed by atoms with E-state index in [4.69, 9.17) is 0 Å². The van der Waals surface area contributed by atoms with E-state index in [9.17, 15) is 5.11 Å². The monoisotopic (exact) mass is 189 g/mol. The number of aliphatic hydroxyl groups is 1. The molecule has 62 valence electrons. The van der Waals surface area contributed by atoms with Gasteiger partial charge >= 0.3 is 0 Å². The van der Waals surface area contributed by atoms with Crippen molar-refractivity contribution in [1.82, 2.24) is 4.98 Å². The summed E-state index contributed by atoms with van der Waals surface area (Å²) in [6, 6.07) is 0. The van der Waals surface area contributed by atoms with Crippen LogP contribution < -0.4 is 0 Å². The molecule has 0 aliphatic rings. The first-order valence-corrected chi connectivity index (χ1v) is 5.20. The molecule has 11 heavy (non-hydrogen) atoms. The summed E-state index contributed by atoms with van der Waals surface area (Å²) in [5.74, 6) is 0. The third-order valence-electron chi connectivity index (χ3n) is 1.38. The van der Waals surface area contributed by atoms with E-state index >= 15 is 0 Å². The highest BCUT2D eigenvalue weighted by atomic mass is 32.2. The van der Waals surface area contributed by atoms with Gasteiger partial charge in [-0.3, -0.25) is 0 Å². The Morgan fingerprint density at radius 1 is 1.64 bits per heavy atom. The molecule has 0 fully saturated rings. The second-order valence-corrected chi connectivity index (χ2v) is 4.88. The van der Waals surface area contributed by atoms with Gasteiger partial charge in [0.05, 0.1) is 6.10 Å². The average Bonchev–Trinajstić information content (AvgIpc) is 2.39. The molecule has 2 atom stereocenters. The molecule has 0 aliphatic carbocycles. The van der Waals surface area contributed by atoms with Crippen LogP contribution in [0.2, 0.25) is 0 Å². The van der Waals surface area contributed by atoms with Gasteiger partial charge in [-0.15, -0.1) is 11.3 Å². The summed E-state index contributed by atoms with van der Waals surface area (Å²) in [4.78, 5) is 4.11. The number of nitrogens with zero attached hydrogens (tertiary/aromatic N) is 1. The molecule has 4 heteroatoms. The lowest BCUT2D eigenvalue weighted by Gasteiger charge is -2.11. The number of rotatable bonds is 3. The number of aliphatic hydroxyl groups excluding tert-OH is 1. The van der Waals surface area contributed by atoms with Crippen LogP contribution in [0.1, 0.15) is 13.8 Å². The summed E-state index contributed by atoms with van der Waals surface area (Å²) >= 11 is 3.23. The van der Waals surface area contributed by atoms with E-state index in [0.717, 1.165) is 4.34 Å². The fourth-order valence-electron chi connectivity index (χ4n) is 0.526. The van der Waals surface area contributed by atoms with Crippen molar-refractivity contribution in [2.75, 3.05) is 0 Å². The van der Waals surface area contributed by atoms with Crippen molar-refractivity contribution in [3.05, 3.63) is 11.6 Å². The fourth-order valence-corrected chi connectivity index (χ4v) is 2.37. The predicted octanol–water partition coefficient (Wildman–Crippen LogP) is 2.00. The van der Waals surface area contributed by atoms with Crippen LogP contribution in [0.15, 0.2) is 15.9 Å². The zero-order valence-electron chi connectivity index (χ0n) is 6.52. The van der Waals surface area contributed by atoms with Crippen molar-refractivity contribution in [2.45, 2.75) is 29.5 Å². The zero-order chi connectivity index (χ0) is 8.27. The van der Waals surface area contributed by atoms with Crippen LogP contribution in [-0.4, -0.2) is 21.4 Å². The van der Waals surface area contributed by atoms with Gasteiger partial charge in [0.15, 0.2) is 0 Å². The Bertz CT molecular complexity index is 198. The highest BCUT2D eigenvalue weighted by molar-refractivity contribution is 8.01. The smallest absolute Gasteiger partial charge is 0.150 e. The Kier molecular flexibility index (Phi) is 3.36. The molecule has 0 radical (unpaired) electrons. The SMILES string of the molecule is CC(O)C(C)Sc1nccs1. The maximum absolute atomic E-state index is 9.18. The fraction of sp³-hybridized carbons (Fsp3) is 0.571. The molecular weight excluding hydrogens is 178 g/mol. The Balaban J connectivity index is 2.43. The first-order chi connectivity index (χ1) is 5.20. The van der Waals surface area contributed by atoms with E-state index in [-0.39, 0.29) is 11.4 Å². The molecule has 2 unspecified atom stereocenters. The van der Waals surface area contributed by atoms with E-state index in [1.807, 2.05) is 12.3 Å². The minimum atomic E-state index is -0.274. The quantitative estimate of drug-likeness (QED) is 0.738. The second-order valence-electron chi connectivity index (χ2n) is 2.36. The van der Waals surface area contributed by atoms with Gasteiger partial charge in [0, 0.05) is 16.8 Å². The van der Waals surface area contributed by atoms with Crippen LogP contribution in [0, 0.1) is 0 Å². The van der Waals surface area contributed by atoms with Crippen molar-refractivity contribution >= 4 is 23.1 Å². The second kappa shape index (κ2) is 4.09. The summed E-state index contributed by atoms with van der Waals surface area (Å²) < 4.78 is 1.03. The number of thiazole rings is 1. The van der Waals surface area contributed by atoms with Crippen molar-refractivity contribution in [3.63, 3.8) is 0 Å². The van der Waals surface area contributed by atoms with Gasteiger partial charge in [-0.2, -0.15) is 0 Å². The molecule has 1 N–H and O–H groups in total. The lowest BCUT2D eigenvalue weighted by atomic mass is 10.3. The largest absolute Gasteiger partial charge is 0.392 e. The van der Waals surface area contributed by atoms with E-state index in [2.05, 4.69) is 4.98 Å². The summed E-state index contributed by atoms with van der Waals surface area (Å²) in [7, 11) is 0. The Hall–Kier alpha value is -0.0600. The third kappa shape index (κ3) is 2.81. The molecule has 2 nitrogen and oxygen atoms in total. The molecule has 1 heterocycles. The van der Waals surface area contributed by atoms with Crippen LogP contribution in [0.5, 0.6) is 0 Å². The molecule has 1 rings (SSSR count). The summed E-state index contributed by atoms with van der Waals surface area (Å²) in [6.45, 7) is 3.79. The maximum Gasteiger partial charge on any atom is 0.150 e. The van der Waals surface area contributed by atoms with Gasteiger partial charge in [0.2, 0.25) is 0 Å². The molecule has 0 aliphatic heterocycles. The summed E-state index contributed by atoms with van der Waals surface area (Å²) in [5, 5.41) is 11.3. The van der Waals surface area contributed by atoms with Crippen LogP contribution in [0.4, 0.5) is 0 Å². The van der Waals surface area contributed by atoms with E-state index in [1.165, 1.54) is 0 Å². The molecule has 0 aromatic carbocycles. The average molecular weight is 189 g/mol. The number of hydrogen-bond acceptors (Lipinski definition) is 4. The Labute approximate surface area is 74.7 Å². The van der Waals surface area contributed by atoms with Gasteiger partial charge < -0.3 is 5.11 Å². The first kappa shape index (κ1) is 9.03. The summed E-state index contributed by atoms with van der Waals surface area (Å²) in [5.41, 5.74) is 0. The molecule has 1 aromatic heterocycles. The van der Waals surface area contributed by atoms with E-state index in [1.54, 1.807) is 36.2 Å². The normalized spacial score (nSPS) is 16.3. The number of thioether (sulfide) groups is 1. The first-order valence-electron chi connectivity index (χ1n) is 3.44. The van der Waals surface area contributed by atoms with Gasteiger partial charge in [0.25, 0.3) is 0 Å². The molecule has 0 saturated carbocycles. The van der Waals surface area contributed by atoms with E-state index in [0.29, 0.717) is 0 Å². The van der Waals surface area contributed by atoms with Gasteiger partial charge in [0.1, 0.15) is 4.34 Å². The number of aromatic nitrogens is 1. The van der Waals surface area contributed by atoms with Crippen molar-refractivity contribution in [1.29, 1.82) is 0 Å². The minimum Gasteiger partial charge on any atom is -0.392 e. The highest BCUT2D eigenvalue weighted by Crippen LogP contribution is 2.26. The zero-order valence-corrected chi connectivity index (χ0v) is 8.15. The lowest BCUT2D eigenvalue weighted by Crippen LogP contribution is -2.14. The molecule has 0 amide bonds. The third-order valence-corrected chi connectivity index (χ3v) is 3.59. The summed E-state index contributed by atoms with van der Waals surface area (Å²) in [6.07, 6.45) is 1.51. The van der Waals surface area contributed by atoms with Crippen molar-refractivity contribution < 1.29 is 5.11 Å². The van der Waals surface area contributed by atoms with Crippen LogP contribution in [-0.2, 0) is 0 Å². The maximum atomic E-state index is 9.18. The molecular formula is C7H11NOS2. The van der Waals surface area contributed by atoms with Crippen LogP contribution >= 0.6 is 23.1 Å². The van der Waals surface area contributed by atoms with Gasteiger partial charge in [-0.25, -0.2) is 4.98 Å². The topological polar surface area (TPSA) is 33.1 Å². The van der Waals surface area contributed by atoms with Gasteiger partial charge in [-0.05, 0) is 6.92 Å². The highest BCUT2D eigenvalue weighted by Gasteiger charge is 2.10. The Morgan fingerprint density at radius 3 is 2.82 bits per heavy atom.